The maximum atomic E-state index is 13.2. The van der Waals surface area contributed by atoms with Gasteiger partial charge in [-0.1, -0.05) is 60.3 Å². The summed E-state index contributed by atoms with van der Waals surface area (Å²) >= 11 is 1.42. The number of rotatable bonds is 6. The summed E-state index contributed by atoms with van der Waals surface area (Å²) in [6.07, 6.45) is 2.47. The van der Waals surface area contributed by atoms with Crippen LogP contribution in [0.1, 0.15) is 16.8 Å². The topological polar surface area (TPSA) is 79.9 Å². The number of para-hydroxylation sites is 1. The number of H-pyrrole nitrogens is 1. The van der Waals surface area contributed by atoms with Crippen LogP contribution in [0.25, 0.3) is 22.5 Å². The number of aromatic amines is 1. The minimum Gasteiger partial charge on any atom is -0.461 e. The molecule has 1 N–H and O–H groups in total. The van der Waals surface area contributed by atoms with Crippen molar-refractivity contribution in [2.45, 2.75) is 24.7 Å². The van der Waals surface area contributed by atoms with Crippen LogP contribution in [0, 0.1) is 0 Å². The Morgan fingerprint density at radius 3 is 2.74 bits per heavy atom. The maximum absolute atomic E-state index is 13.2. The van der Waals surface area contributed by atoms with Gasteiger partial charge in [0, 0.05) is 41.7 Å². The fourth-order valence-corrected chi connectivity index (χ4v) is 5.33. The highest BCUT2D eigenvalue weighted by molar-refractivity contribution is 7.99. The zero-order valence-electron chi connectivity index (χ0n) is 18.5. The van der Waals surface area contributed by atoms with E-state index in [1.165, 1.54) is 28.4 Å². The molecule has 0 bridgehead atoms. The van der Waals surface area contributed by atoms with Gasteiger partial charge in [-0.15, -0.1) is 10.2 Å². The predicted molar refractivity (Wildman–Crippen MR) is 131 cm³/mol. The van der Waals surface area contributed by atoms with Crippen LogP contribution >= 0.6 is 11.8 Å². The first kappa shape index (κ1) is 20.8. The van der Waals surface area contributed by atoms with Gasteiger partial charge in [-0.2, -0.15) is 0 Å². The molecular weight excluding hydrogens is 446 g/mol. The zero-order chi connectivity index (χ0) is 22.9. The van der Waals surface area contributed by atoms with E-state index in [1.807, 2.05) is 51.9 Å². The molecule has 0 atom stereocenters. The van der Waals surface area contributed by atoms with E-state index in [1.54, 1.807) is 6.26 Å². The smallest absolute Gasteiger partial charge is 0.233 e. The normalized spacial score (nSPS) is 13.4. The van der Waals surface area contributed by atoms with Gasteiger partial charge < -0.3 is 14.3 Å². The van der Waals surface area contributed by atoms with Crippen LogP contribution in [-0.2, 0) is 24.3 Å². The molecule has 0 aliphatic carbocycles. The summed E-state index contributed by atoms with van der Waals surface area (Å²) < 4.78 is 7.60. The monoisotopic (exact) mass is 469 g/mol. The van der Waals surface area contributed by atoms with Crippen LogP contribution in [0.5, 0.6) is 0 Å². The molecule has 0 saturated carbocycles. The maximum Gasteiger partial charge on any atom is 0.233 e. The molecule has 0 saturated heterocycles. The van der Waals surface area contributed by atoms with Gasteiger partial charge in [0.2, 0.25) is 11.7 Å². The molecule has 0 unspecified atom stereocenters. The number of carbonyl (C=O) groups is 1. The highest BCUT2D eigenvalue weighted by atomic mass is 32.2. The summed E-state index contributed by atoms with van der Waals surface area (Å²) in [7, 11) is 0. The molecule has 0 spiro atoms. The van der Waals surface area contributed by atoms with E-state index >= 15 is 0 Å². The van der Waals surface area contributed by atoms with Crippen molar-refractivity contribution >= 4 is 28.6 Å². The van der Waals surface area contributed by atoms with Crippen molar-refractivity contribution < 1.29 is 9.21 Å². The van der Waals surface area contributed by atoms with Crippen LogP contribution in [0.15, 0.2) is 82.6 Å². The Kier molecular flexibility index (Phi) is 5.43. The number of hydrogen-bond acceptors (Lipinski definition) is 5. The van der Waals surface area contributed by atoms with Crippen molar-refractivity contribution in [3.8, 4) is 11.6 Å². The molecular formula is C26H23N5O2S. The first-order valence-corrected chi connectivity index (χ1v) is 12.2. The quantitative estimate of drug-likeness (QED) is 0.363. The van der Waals surface area contributed by atoms with Crippen molar-refractivity contribution in [2.75, 3.05) is 12.3 Å². The average Bonchev–Trinajstić information content (AvgIpc) is 3.61. The first-order chi connectivity index (χ1) is 16.8. The van der Waals surface area contributed by atoms with E-state index < -0.39 is 0 Å². The first-order valence-electron chi connectivity index (χ1n) is 11.3. The molecule has 3 aromatic heterocycles. The van der Waals surface area contributed by atoms with Crippen molar-refractivity contribution in [3.63, 3.8) is 0 Å². The number of furan rings is 1. The van der Waals surface area contributed by atoms with Gasteiger partial charge in [0.05, 0.1) is 18.6 Å². The molecule has 5 aromatic rings. The Bertz CT molecular complexity index is 1440. The number of nitrogens with one attached hydrogen (secondary N) is 1. The van der Waals surface area contributed by atoms with Crippen molar-refractivity contribution in [3.05, 3.63) is 89.8 Å². The van der Waals surface area contributed by atoms with E-state index in [4.69, 9.17) is 4.42 Å². The Morgan fingerprint density at radius 2 is 1.88 bits per heavy atom. The van der Waals surface area contributed by atoms with Crippen molar-refractivity contribution in [2.24, 2.45) is 0 Å². The summed E-state index contributed by atoms with van der Waals surface area (Å²) in [6.45, 7) is 1.95. The van der Waals surface area contributed by atoms with Gasteiger partial charge in [-0.05, 0) is 23.8 Å². The summed E-state index contributed by atoms with van der Waals surface area (Å²) in [5.41, 5.74) is 4.73. The largest absolute Gasteiger partial charge is 0.461 e. The molecule has 2 aromatic carbocycles. The van der Waals surface area contributed by atoms with Crippen LogP contribution < -0.4 is 0 Å². The summed E-state index contributed by atoms with van der Waals surface area (Å²) in [5, 5.41) is 10.7. The highest BCUT2D eigenvalue weighted by Gasteiger charge is 2.25. The fourth-order valence-electron chi connectivity index (χ4n) is 4.49. The van der Waals surface area contributed by atoms with Crippen molar-refractivity contribution in [1.82, 2.24) is 24.6 Å². The third kappa shape index (κ3) is 3.90. The van der Waals surface area contributed by atoms with Crippen LogP contribution in [0.3, 0.4) is 0 Å². The van der Waals surface area contributed by atoms with E-state index in [9.17, 15) is 4.79 Å². The molecule has 7 nitrogen and oxygen atoms in total. The van der Waals surface area contributed by atoms with Gasteiger partial charge in [0.25, 0.3) is 0 Å². The molecule has 4 heterocycles. The highest BCUT2D eigenvalue weighted by Crippen LogP contribution is 2.29. The average molecular weight is 470 g/mol. The standard InChI is InChI=1S/C26H23N5O2S/c32-24(30-13-12-22-20(16-30)19-9-4-5-10-21(19)27-22)17-34-26-29-28-25(23-11-6-14-33-23)31(26)15-18-7-2-1-3-8-18/h1-11,14,27H,12-13,15-17H2. The lowest BCUT2D eigenvalue weighted by atomic mass is 10.0. The third-order valence-corrected chi connectivity index (χ3v) is 7.15. The fraction of sp³-hybridized carbons (Fsp3) is 0.192. The molecule has 34 heavy (non-hydrogen) atoms. The van der Waals surface area contributed by atoms with Gasteiger partial charge in [-0.3, -0.25) is 9.36 Å². The van der Waals surface area contributed by atoms with E-state index in [0.29, 0.717) is 42.1 Å². The number of amides is 1. The molecule has 8 heteroatoms. The van der Waals surface area contributed by atoms with Crippen LogP contribution in [0.4, 0.5) is 0 Å². The molecule has 170 valence electrons. The van der Waals surface area contributed by atoms with Crippen LogP contribution in [-0.4, -0.2) is 42.9 Å². The molecule has 0 fully saturated rings. The lowest BCUT2D eigenvalue weighted by Gasteiger charge is -2.27. The SMILES string of the molecule is O=C(CSc1nnc(-c2ccco2)n1Cc1ccccc1)N1CCc2[nH]c3ccccc3c2C1. The minimum atomic E-state index is 0.106. The predicted octanol–water partition coefficient (Wildman–Crippen LogP) is 4.74. The molecule has 1 aliphatic heterocycles. The number of thioether (sulfide) groups is 1. The number of nitrogens with zero attached hydrogens (tertiary/aromatic N) is 4. The van der Waals surface area contributed by atoms with Gasteiger partial charge in [0.15, 0.2) is 10.9 Å². The molecule has 6 rings (SSSR count). The van der Waals surface area contributed by atoms with Gasteiger partial charge >= 0.3 is 0 Å². The van der Waals surface area contributed by atoms with Crippen LogP contribution in [0.2, 0.25) is 0 Å². The number of aromatic nitrogens is 4. The number of hydrogen-bond donors (Lipinski definition) is 1. The van der Waals surface area contributed by atoms with E-state index in [-0.39, 0.29) is 5.91 Å². The third-order valence-electron chi connectivity index (χ3n) is 6.20. The van der Waals surface area contributed by atoms with Crippen molar-refractivity contribution in [1.29, 1.82) is 0 Å². The summed E-state index contributed by atoms with van der Waals surface area (Å²) in [5.74, 6) is 1.73. The second-order valence-corrected chi connectivity index (χ2v) is 9.28. The number of fused-ring (bicyclic) bond motifs is 3. The lowest BCUT2D eigenvalue weighted by Crippen LogP contribution is -2.37. The lowest BCUT2D eigenvalue weighted by molar-refractivity contribution is -0.129. The Hall–Kier alpha value is -3.78. The van der Waals surface area contributed by atoms with Gasteiger partial charge in [0.1, 0.15) is 0 Å². The molecule has 1 aliphatic rings. The number of benzene rings is 2. The van der Waals surface area contributed by atoms with E-state index in [2.05, 4.69) is 39.4 Å². The molecule has 1 amide bonds. The Balaban J connectivity index is 1.20. The zero-order valence-corrected chi connectivity index (χ0v) is 19.3. The Labute approximate surface area is 200 Å². The molecule has 0 radical (unpaired) electrons. The summed E-state index contributed by atoms with van der Waals surface area (Å²) in [4.78, 5) is 18.6. The Morgan fingerprint density at radius 1 is 1.03 bits per heavy atom. The second kappa shape index (κ2) is 8.87. The summed E-state index contributed by atoms with van der Waals surface area (Å²) in [6, 6.07) is 22.2. The van der Waals surface area contributed by atoms with E-state index in [0.717, 1.165) is 17.5 Å². The second-order valence-electron chi connectivity index (χ2n) is 8.34. The minimum absolute atomic E-state index is 0.106. The number of carbonyl (C=O) groups excluding carboxylic acids is 1. The van der Waals surface area contributed by atoms with Gasteiger partial charge in [-0.25, -0.2) is 0 Å².